The third kappa shape index (κ3) is 3.20. The van der Waals surface area contributed by atoms with Gasteiger partial charge in [-0.15, -0.1) is 0 Å². The quantitative estimate of drug-likeness (QED) is 0.828. The molecule has 0 fully saturated rings. The molecule has 0 heterocycles. The predicted molar refractivity (Wildman–Crippen MR) is 65.0 cm³/mol. The first-order valence-corrected chi connectivity index (χ1v) is 5.32. The van der Waals surface area contributed by atoms with Crippen LogP contribution in [0.1, 0.15) is 16.8 Å². The first-order chi connectivity index (χ1) is 7.54. The zero-order valence-corrected chi connectivity index (χ0v) is 10.2. The zero-order valence-electron chi connectivity index (χ0n) is 8.03. The van der Waals surface area contributed by atoms with Crippen LogP contribution in [0.4, 0.5) is 5.69 Å². The van der Waals surface area contributed by atoms with E-state index in [2.05, 4.69) is 5.32 Å². The topological polar surface area (TPSA) is 90.2 Å². The van der Waals surface area contributed by atoms with Crippen molar-refractivity contribution in [2.45, 2.75) is 6.42 Å². The second kappa shape index (κ2) is 5.46. The highest BCUT2D eigenvalue weighted by Gasteiger charge is 2.12. The van der Waals surface area contributed by atoms with Gasteiger partial charge >= 0.3 is 5.97 Å². The fourth-order valence-corrected chi connectivity index (χ4v) is 1.56. The summed E-state index contributed by atoms with van der Waals surface area (Å²) in [4.78, 5) is 22.0. The predicted octanol–water partition coefficient (Wildman–Crippen LogP) is 1.84. The molecular formula is C10H7IN2O3. The number of nitriles is 1. The van der Waals surface area contributed by atoms with E-state index >= 15 is 0 Å². The number of aromatic carboxylic acids is 1. The fourth-order valence-electron chi connectivity index (χ4n) is 1.07. The van der Waals surface area contributed by atoms with Crippen molar-refractivity contribution < 1.29 is 14.7 Å². The molecule has 0 saturated carbocycles. The molecule has 16 heavy (non-hydrogen) atoms. The molecule has 0 bridgehead atoms. The number of anilines is 1. The lowest BCUT2D eigenvalue weighted by Crippen LogP contribution is -2.13. The molecule has 6 heteroatoms. The molecule has 1 aromatic carbocycles. The lowest BCUT2D eigenvalue weighted by Gasteiger charge is -2.07. The molecular weight excluding hydrogens is 323 g/mol. The third-order valence-corrected chi connectivity index (χ3v) is 2.40. The van der Waals surface area contributed by atoms with Gasteiger partial charge in [-0.05, 0) is 40.8 Å². The second-order valence-corrected chi connectivity index (χ2v) is 4.12. The molecule has 82 valence electrons. The number of carbonyl (C=O) groups excluding carboxylic acids is 1. The van der Waals surface area contributed by atoms with Crippen molar-refractivity contribution in [1.82, 2.24) is 0 Å². The molecule has 5 nitrogen and oxygen atoms in total. The normalized spacial score (nSPS) is 9.25. The van der Waals surface area contributed by atoms with Crippen LogP contribution in [-0.2, 0) is 4.79 Å². The summed E-state index contributed by atoms with van der Waals surface area (Å²) in [5.74, 6) is -1.64. The van der Waals surface area contributed by atoms with Crippen LogP contribution in [0.5, 0.6) is 0 Å². The minimum absolute atomic E-state index is 0.0122. The largest absolute Gasteiger partial charge is 0.478 e. The van der Waals surface area contributed by atoms with Crippen molar-refractivity contribution in [2.75, 3.05) is 5.32 Å². The molecule has 0 spiro atoms. The van der Waals surface area contributed by atoms with E-state index in [0.29, 0.717) is 0 Å². The van der Waals surface area contributed by atoms with Gasteiger partial charge in [0.05, 0.1) is 17.3 Å². The molecule has 0 atom stereocenters. The van der Waals surface area contributed by atoms with Crippen LogP contribution in [0.15, 0.2) is 18.2 Å². The monoisotopic (exact) mass is 330 g/mol. The number of hydrogen-bond acceptors (Lipinski definition) is 3. The number of hydrogen-bond donors (Lipinski definition) is 2. The zero-order chi connectivity index (χ0) is 12.1. The van der Waals surface area contributed by atoms with Gasteiger partial charge < -0.3 is 10.4 Å². The third-order valence-electron chi connectivity index (χ3n) is 1.73. The van der Waals surface area contributed by atoms with Gasteiger partial charge in [0.1, 0.15) is 6.42 Å². The molecule has 1 rings (SSSR count). The summed E-state index contributed by atoms with van der Waals surface area (Å²) in [6, 6.07) is 6.31. The van der Waals surface area contributed by atoms with Crippen LogP contribution in [0, 0.1) is 14.9 Å². The molecule has 1 amide bonds. The molecule has 0 radical (unpaired) electrons. The molecule has 2 N–H and O–H groups in total. The standard InChI is InChI=1S/C10H7IN2O3/c11-6-1-2-8(7(5-6)10(15)16)13-9(14)3-4-12/h1-2,5H,3H2,(H,13,14)(H,15,16). The van der Waals surface area contributed by atoms with Crippen molar-refractivity contribution in [1.29, 1.82) is 5.26 Å². The molecule has 0 aliphatic heterocycles. The maximum atomic E-state index is 11.1. The van der Waals surface area contributed by atoms with Crippen LogP contribution in [-0.4, -0.2) is 17.0 Å². The van der Waals surface area contributed by atoms with E-state index in [1.54, 1.807) is 12.1 Å². The van der Waals surface area contributed by atoms with Crippen molar-refractivity contribution in [3.63, 3.8) is 0 Å². The van der Waals surface area contributed by atoms with E-state index in [-0.39, 0.29) is 17.7 Å². The van der Waals surface area contributed by atoms with Crippen molar-refractivity contribution >= 4 is 40.2 Å². The minimum atomic E-state index is -1.12. The lowest BCUT2D eigenvalue weighted by molar-refractivity contribution is -0.115. The van der Waals surface area contributed by atoms with Crippen LogP contribution in [0.25, 0.3) is 0 Å². The Labute approximate surface area is 105 Å². The summed E-state index contributed by atoms with van der Waals surface area (Å²) in [5, 5.41) is 19.6. The fraction of sp³-hybridized carbons (Fsp3) is 0.100. The van der Waals surface area contributed by atoms with E-state index < -0.39 is 11.9 Å². The van der Waals surface area contributed by atoms with Gasteiger partial charge in [0.25, 0.3) is 0 Å². The Balaban J connectivity index is 3.00. The second-order valence-electron chi connectivity index (χ2n) is 2.88. The summed E-state index contributed by atoms with van der Waals surface area (Å²) in [6.45, 7) is 0. The number of rotatable bonds is 3. The van der Waals surface area contributed by atoms with Gasteiger partial charge in [-0.25, -0.2) is 4.79 Å². The Morgan fingerprint density at radius 3 is 2.75 bits per heavy atom. The van der Waals surface area contributed by atoms with Crippen molar-refractivity contribution in [3.8, 4) is 6.07 Å². The Hall–Kier alpha value is -1.62. The summed E-state index contributed by atoms with van der Waals surface area (Å²) in [6.07, 6.45) is -0.301. The van der Waals surface area contributed by atoms with Crippen LogP contribution in [0.3, 0.4) is 0 Å². The molecule has 1 aromatic rings. The number of nitrogens with zero attached hydrogens (tertiary/aromatic N) is 1. The number of halogens is 1. The lowest BCUT2D eigenvalue weighted by atomic mass is 10.2. The van der Waals surface area contributed by atoms with E-state index in [1.807, 2.05) is 22.6 Å². The van der Waals surface area contributed by atoms with Gasteiger partial charge in [-0.1, -0.05) is 0 Å². The van der Waals surface area contributed by atoms with Crippen LogP contribution >= 0.6 is 22.6 Å². The number of benzene rings is 1. The van der Waals surface area contributed by atoms with Crippen molar-refractivity contribution in [3.05, 3.63) is 27.3 Å². The van der Waals surface area contributed by atoms with Crippen LogP contribution < -0.4 is 5.32 Å². The number of carboxylic acids is 1. The number of carboxylic acid groups (broad SMARTS) is 1. The average Bonchev–Trinajstić information content (AvgIpc) is 2.20. The Morgan fingerprint density at radius 1 is 1.50 bits per heavy atom. The number of amides is 1. The van der Waals surface area contributed by atoms with Gasteiger partial charge in [0.2, 0.25) is 5.91 Å². The summed E-state index contributed by atoms with van der Waals surface area (Å²) >= 11 is 1.98. The maximum Gasteiger partial charge on any atom is 0.337 e. The summed E-state index contributed by atoms with van der Waals surface area (Å²) < 4.78 is 0.758. The highest BCUT2D eigenvalue weighted by molar-refractivity contribution is 14.1. The Morgan fingerprint density at radius 2 is 2.19 bits per heavy atom. The summed E-state index contributed by atoms with van der Waals surface area (Å²) in [7, 11) is 0. The summed E-state index contributed by atoms with van der Waals surface area (Å²) in [5.41, 5.74) is 0.214. The maximum absolute atomic E-state index is 11.1. The Kier molecular flexibility index (Phi) is 4.25. The van der Waals surface area contributed by atoms with E-state index in [4.69, 9.17) is 10.4 Å². The smallest absolute Gasteiger partial charge is 0.337 e. The van der Waals surface area contributed by atoms with Crippen molar-refractivity contribution in [2.24, 2.45) is 0 Å². The highest BCUT2D eigenvalue weighted by Crippen LogP contribution is 2.19. The molecule has 0 saturated heterocycles. The van der Waals surface area contributed by atoms with E-state index in [9.17, 15) is 9.59 Å². The van der Waals surface area contributed by atoms with E-state index in [1.165, 1.54) is 12.1 Å². The average molecular weight is 330 g/mol. The van der Waals surface area contributed by atoms with Gasteiger partial charge in [-0.2, -0.15) is 5.26 Å². The van der Waals surface area contributed by atoms with Crippen LogP contribution in [0.2, 0.25) is 0 Å². The molecule has 0 aliphatic carbocycles. The van der Waals surface area contributed by atoms with Gasteiger partial charge in [0, 0.05) is 3.57 Å². The van der Waals surface area contributed by atoms with E-state index in [0.717, 1.165) is 3.57 Å². The molecule has 0 aromatic heterocycles. The molecule has 0 aliphatic rings. The highest BCUT2D eigenvalue weighted by atomic mass is 127. The SMILES string of the molecule is N#CCC(=O)Nc1ccc(I)cc1C(=O)O. The first-order valence-electron chi connectivity index (χ1n) is 4.24. The first kappa shape index (κ1) is 12.4. The van der Waals surface area contributed by atoms with Gasteiger partial charge in [-0.3, -0.25) is 4.79 Å². The van der Waals surface area contributed by atoms with Gasteiger partial charge in [0.15, 0.2) is 0 Å². The Bertz CT molecular complexity index is 479. The molecule has 0 unspecified atom stereocenters. The number of carbonyl (C=O) groups is 2. The number of nitrogens with one attached hydrogen (secondary N) is 1. The minimum Gasteiger partial charge on any atom is -0.478 e.